The minimum absolute atomic E-state index is 0.000609. The number of para-hydroxylation sites is 1. The molecule has 0 atom stereocenters. The van der Waals surface area contributed by atoms with Crippen LogP contribution in [0.15, 0.2) is 48.5 Å². The Hall–Kier alpha value is -2.91. The van der Waals surface area contributed by atoms with Gasteiger partial charge in [0, 0.05) is 30.1 Å². The molecule has 2 aromatic carbocycles. The van der Waals surface area contributed by atoms with Crippen LogP contribution in [0.4, 0.5) is 10.1 Å². The van der Waals surface area contributed by atoms with E-state index in [2.05, 4.69) is 5.32 Å². The molecule has 2 aromatic rings. The lowest BCUT2D eigenvalue weighted by Gasteiger charge is -2.28. The maximum Gasteiger partial charge on any atom is 0.227 e. The van der Waals surface area contributed by atoms with Gasteiger partial charge in [-0.1, -0.05) is 35.9 Å². The smallest absolute Gasteiger partial charge is 0.227 e. The van der Waals surface area contributed by atoms with Crippen molar-refractivity contribution >= 4 is 29.1 Å². The van der Waals surface area contributed by atoms with Crippen LogP contribution in [0.5, 0.6) is 0 Å². The molecule has 0 aliphatic carbocycles. The molecule has 0 saturated carbocycles. The van der Waals surface area contributed by atoms with Crippen LogP contribution in [-0.2, 0) is 15.1 Å². The number of anilines is 1. The molecule has 2 rings (SSSR count). The zero-order valence-corrected chi connectivity index (χ0v) is 17.2. The number of nitrogens with zero attached hydrogens (tertiary/aromatic N) is 2. The minimum Gasteiger partial charge on any atom is -0.347 e. The molecule has 0 bridgehead atoms. The van der Waals surface area contributed by atoms with Gasteiger partial charge in [-0.2, -0.15) is 5.26 Å². The minimum atomic E-state index is -0.829. The van der Waals surface area contributed by atoms with Crippen molar-refractivity contribution in [2.45, 2.75) is 38.6 Å². The highest BCUT2D eigenvalue weighted by Crippen LogP contribution is 2.28. The Kier molecular flexibility index (Phi) is 7.74. The Labute approximate surface area is 175 Å². The second kappa shape index (κ2) is 10.0. The number of hydrogen-bond acceptors (Lipinski definition) is 3. The number of carbonyl (C=O) groups is 2. The zero-order valence-electron chi connectivity index (χ0n) is 16.4. The summed E-state index contributed by atoms with van der Waals surface area (Å²) in [6, 6.07) is 15.1. The van der Waals surface area contributed by atoms with Gasteiger partial charge in [-0.25, -0.2) is 4.39 Å². The van der Waals surface area contributed by atoms with Gasteiger partial charge in [0.15, 0.2) is 0 Å². The summed E-state index contributed by atoms with van der Waals surface area (Å²) in [5.41, 5.74) is 0.442. The number of amides is 2. The van der Waals surface area contributed by atoms with Gasteiger partial charge in [0.05, 0.1) is 18.0 Å². The molecule has 0 unspecified atom stereocenters. The van der Waals surface area contributed by atoms with Gasteiger partial charge >= 0.3 is 0 Å². The van der Waals surface area contributed by atoms with Crippen LogP contribution in [0.3, 0.4) is 0 Å². The molecule has 0 fully saturated rings. The normalized spacial score (nSPS) is 10.9. The van der Waals surface area contributed by atoms with Gasteiger partial charge in [-0.15, -0.1) is 0 Å². The summed E-state index contributed by atoms with van der Waals surface area (Å²) in [6.07, 6.45) is 0.180. The first kappa shape index (κ1) is 22.4. The fourth-order valence-electron chi connectivity index (χ4n) is 3.00. The molecule has 29 heavy (non-hydrogen) atoms. The summed E-state index contributed by atoms with van der Waals surface area (Å²) in [6.45, 7) is 3.78. The summed E-state index contributed by atoms with van der Waals surface area (Å²) >= 11 is 6.10. The first-order chi connectivity index (χ1) is 13.7. The van der Waals surface area contributed by atoms with Gasteiger partial charge in [0.1, 0.15) is 5.82 Å². The Morgan fingerprint density at radius 3 is 2.48 bits per heavy atom. The quantitative estimate of drug-likeness (QED) is 0.686. The second-order valence-electron chi connectivity index (χ2n) is 7.09. The van der Waals surface area contributed by atoms with E-state index in [0.29, 0.717) is 11.3 Å². The van der Waals surface area contributed by atoms with E-state index in [9.17, 15) is 14.0 Å². The van der Waals surface area contributed by atoms with E-state index in [1.165, 1.54) is 23.1 Å². The second-order valence-corrected chi connectivity index (χ2v) is 7.49. The molecule has 0 aliphatic rings. The van der Waals surface area contributed by atoms with Crippen LogP contribution < -0.4 is 10.2 Å². The topological polar surface area (TPSA) is 73.2 Å². The lowest BCUT2D eigenvalue weighted by molar-refractivity contribution is -0.126. The first-order valence-electron chi connectivity index (χ1n) is 9.23. The van der Waals surface area contributed by atoms with Crippen LogP contribution in [-0.4, -0.2) is 18.4 Å². The molecule has 0 spiro atoms. The molecule has 7 heteroatoms. The van der Waals surface area contributed by atoms with E-state index < -0.39 is 11.4 Å². The third-order valence-corrected chi connectivity index (χ3v) is 4.75. The van der Waals surface area contributed by atoms with E-state index in [0.717, 1.165) is 0 Å². The van der Waals surface area contributed by atoms with Gasteiger partial charge in [-0.05, 0) is 43.7 Å². The fourth-order valence-corrected chi connectivity index (χ4v) is 3.40. The van der Waals surface area contributed by atoms with Crippen molar-refractivity contribution < 1.29 is 14.0 Å². The molecule has 0 aliphatic heterocycles. The first-order valence-corrected chi connectivity index (χ1v) is 9.61. The summed E-state index contributed by atoms with van der Waals surface area (Å²) in [5, 5.41) is 11.9. The number of benzene rings is 2. The SMILES string of the molecule is CC(C)(NC(=O)CCC(=O)N(CCC#N)c1ccccc1)c1ccc(F)cc1Cl. The summed E-state index contributed by atoms with van der Waals surface area (Å²) in [4.78, 5) is 26.6. The number of nitrogens with one attached hydrogen (secondary N) is 1. The van der Waals surface area contributed by atoms with E-state index in [1.54, 1.807) is 26.0 Å². The van der Waals surface area contributed by atoms with E-state index in [1.807, 2.05) is 24.3 Å². The zero-order chi connectivity index (χ0) is 21.4. The molecule has 2 amide bonds. The fraction of sp³-hybridized carbons (Fsp3) is 0.318. The van der Waals surface area contributed by atoms with Crippen LogP contribution in [0, 0.1) is 17.1 Å². The number of nitriles is 1. The lowest BCUT2D eigenvalue weighted by Crippen LogP contribution is -2.42. The van der Waals surface area contributed by atoms with Crippen molar-refractivity contribution in [2.75, 3.05) is 11.4 Å². The van der Waals surface area contributed by atoms with Crippen molar-refractivity contribution in [1.29, 1.82) is 5.26 Å². The number of carbonyl (C=O) groups excluding carboxylic acids is 2. The lowest BCUT2D eigenvalue weighted by atomic mass is 9.94. The molecule has 0 saturated heterocycles. The number of rotatable bonds is 8. The summed E-state index contributed by atoms with van der Waals surface area (Å²) in [5.74, 6) is -1.01. The molecule has 0 heterocycles. The molecule has 0 radical (unpaired) electrons. The largest absolute Gasteiger partial charge is 0.347 e. The van der Waals surface area contributed by atoms with Crippen LogP contribution in [0.2, 0.25) is 5.02 Å². The predicted octanol–water partition coefficient (Wildman–Crippen LogP) is 4.56. The van der Waals surface area contributed by atoms with Crippen molar-refractivity contribution in [3.63, 3.8) is 0 Å². The molecule has 5 nitrogen and oxygen atoms in total. The maximum absolute atomic E-state index is 13.3. The molecular weight excluding hydrogens is 393 g/mol. The molecule has 152 valence electrons. The Balaban J connectivity index is 2.01. The standard InChI is InChI=1S/C22H23ClFN3O2/c1-22(2,18-10-9-16(24)15-19(18)23)26-20(28)11-12-21(29)27(14-6-13-25)17-7-4-3-5-8-17/h3-5,7-10,15H,6,11-12,14H2,1-2H3,(H,26,28). The van der Waals surface area contributed by atoms with Crippen LogP contribution >= 0.6 is 11.6 Å². The van der Waals surface area contributed by atoms with Crippen LogP contribution in [0.25, 0.3) is 0 Å². The highest BCUT2D eigenvalue weighted by atomic mass is 35.5. The third-order valence-electron chi connectivity index (χ3n) is 4.44. The summed E-state index contributed by atoms with van der Waals surface area (Å²) in [7, 11) is 0. The van der Waals surface area contributed by atoms with Gasteiger partial charge in [0.2, 0.25) is 11.8 Å². The van der Waals surface area contributed by atoms with Crippen molar-refractivity contribution in [2.24, 2.45) is 0 Å². The maximum atomic E-state index is 13.3. The Morgan fingerprint density at radius 2 is 1.86 bits per heavy atom. The van der Waals surface area contributed by atoms with Crippen molar-refractivity contribution in [3.05, 3.63) is 64.9 Å². The highest BCUT2D eigenvalue weighted by molar-refractivity contribution is 6.31. The van der Waals surface area contributed by atoms with Crippen molar-refractivity contribution in [3.8, 4) is 6.07 Å². The molecule has 1 N–H and O–H groups in total. The van der Waals surface area contributed by atoms with Gasteiger partial charge in [-0.3, -0.25) is 9.59 Å². The predicted molar refractivity (Wildman–Crippen MR) is 111 cm³/mol. The molecule has 0 aromatic heterocycles. The summed E-state index contributed by atoms with van der Waals surface area (Å²) < 4.78 is 13.3. The van der Waals surface area contributed by atoms with Crippen LogP contribution in [0.1, 0.15) is 38.7 Å². The average Bonchev–Trinajstić information content (AvgIpc) is 2.67. The Morgan fingerprint density at radius 1 is 1.17 bits per heavy atom. The van der Waals surface area contributed by atoms with Gasteiger partial charge < -0.3 is 10.2 Å². The molecular formula is C22H23ClFN3O2. The van der Waals surface area contributed by atoms with E-state index >= 15 is 0 Å². The average molecular weight is 416 g/mol. The highest BCUT2D eigenvalue weighted by Gasteiger charge is 2.26. The monoisotopic (exact) mass is 415 g/mol. The Bertz CT molecular complexity index is 910. The third kappa shape index (κ3) is 6.30. The van der Waals surface area contributed by atoms with Gasteiger partial charge in [0.25, 0.3) is 0 Å². The van der Waals surface area contributed by atoms with E-state index in [-0.39, 0.29) is 42.6 Å². The van der Waals surface area contributed by atoms with E-state index in [4.69, 9.17) is 16.9 Å². The number of hydrogen-bond donors (Lipinski definition) is 1. The number of halogens is 2. The van der Waals surface area contributed by atoms with Crippen molar-refractivity contribution in [1.82, 2.24) is 5.32 Å².